The van der Waals surface area contributed by atoms with Crippen molar-refractivity contribution < 1.29 is 0 Å². The largest absolute Gasteiger partial charge is 0.309 e. The number of nitrogens with zero attached hydrogens (tertiary/aromatic N) is 2. The van der Waals surface area contributed by atoms with Gasteiger partial charge in [0.2, 0.25) is 0 Å². The fourth-order valence-electron chi connectivity index (χ4n) is 11.2. The molecule has 0 saturated heterocycles. The average Bonchev–Trinajstić information content (AvgIpc) is 3.94. The SMILES string of the molecule is c1ccc(-c2ccc(-n3c4ccccc4c4cc(-c5ccc6c(c5)c5ccccc5n6-c5ccccc5-c5cccc([Si](c6ccccc6)(c6ccccc6)c6ccccc6)c5)ccc43)cc2)cc1. The molecule has 0 saturated carbocycles. The molecule has 0 unspecified atom stereocenters. The summed E-state index contributed by atoms with van der Waals surface area (Å²) in [6, 6.07) is 103. The van der Waals surface area contributed by atoms with Crippen LogP contribution < -0.4 is 20.7 Å². The molecule has 2 heterocycles. The molecule has 0 atom stereocenters. The van der Waals surface area contributed by atoms with Gasteiger partial charge in [-0.05, 0) is 103 Å². The summed E-state index contributed by atoms with van der Waals surface area (Å²) < 4.78 is 4.88. The van der Waals surface area contributed by atoms with E-state index in [1.807, 2.05) is 0 Å². The van der Waals surface area contributed by atoms with Gasteiger partial charge in [0.1, 0.15) is 0 Å². The molecule has 69 heavy (non-hydrogen) atoms. The minimum absolute atomic E-state index is 1.15. The van der Waals surface area contributed by atoms with Gasteiger partial charge < -0.3 is 9.13 Å². The second-order valence-corrected chi connectivity index (χ2v) is 21.8. The molecule has 324 valence electrons. The Morgan fingerprint density at radius 1 is 0.232 bits per heavy atom. The molecule has 0 amide bonds. The summed E-state index contributed by atoms with van der Waals surface area (Å²) in [7, 11) is -2.74. The maximum absolute atomic E-state index is 2.74. The Balaban J connectivity index is 0.941. The molecule has 11 aromatic carbocycles. The van der Waals surface area contributed by atoms with Gasteiger partial charge in [0.15, 0.2) is 8.07 Å². The van der Waals surface area contributed by atoms with E-state index in [1.54, 1.807) is 0 Å². The topological polar surface area (TPSA) is 9.86 Å². The zero-order chi connectivity index (χ0) is 45.7. The van der Waals surface area contributed by atoms with Gasteiger partial charge in [0.05, 0.1) is 27.8 Å². The lowest BCUT2D eigenvalue weighted by Crippen LogP contribution is -2.74. The molecule has 2 nitrogen and oxygen atoms in total. The molecule has 13 rings (SSSR count). The van der Waals surface area contributed by atoms with Crippen molar-refractivity contribution in [3.05, 3.63) is 279 Å². The Morgan fingerprint density at radius 3 is 1.22 bits per heavy atom. The third kappa shape index (κ3) is 6.70. The molecule has 0 bridgehead atoms. The van der Waals surface area contributed by atoms with E-state index in [2.05, 4.69) is 288 Å². The minimum atomic E-state index is -2.74. The predicted molar refractivity (Wildman–Crippen MR) is 295 cm³/mol. The summed E-state index contributed by atoms with van der Waals surface area (Å²) in [4.78, 5) is 0. The molecular weight excluding hydrogens is 849 g/mol. The summed E-state index contributed by atoms with van der Waals surface area (Å²) in [6.45, 7) is 0. The van der Waals surface area contributed by atoms with Crippen LogP contribution in [0.25, 0.3) is 88.4 Å². The van der Waals surface area contributed by atoms with E-state index in [-0.39, 0.29) is 0 Å². The molecule has 3 heteroatoms. The van der Waals surface area contributed by atoms with Gasteiger partial charge >= 0.3 is 0 Å². The highest BCUT2D eigenvalue weighted by atomic mass is 28.3. The number of para-hydroxylation sites is 3. The Hall–Kier alpha value is -8.76. The van der Waals surface area contributed by atoms with Gasteiger partial charge in [0.25, 0.3) is 0 Å². The maximum Gasteiger partial charge on any atom is 0.179 e. The molecular formula is C66H46N2Si. The van der Waals surface area contributed by atoms with Crippen molar-refractivity contribution >= 4 is 72.4 Å². The summed E-state index contributed by atoms with van der Waals surface area (Å²) in [5.41, 5.74) is 14.3. The first-order valence-corrected chi connectivity index (χ1v) is 25.8. The van der Waals surface area contributed by atoms with Gasteiger partial charge in [-0.25, -0.2) is 0 Å². The van der Waals surface area contributed by atoms with Gasteiger partial charge in [-0.1, -0.05) is 224 Å². The summed E-state index contributed by atoms with van der Waals surface area (Å²) in [5.74, 6) is 0. The lowest BCUT2D eigenvalue weighted by Gasteiger charge is -2.34. The van der Waals surface area contributed by atoms with Crippen LogP contribution in [-0.4, -0.2) is 17.2 Å². The van der Waals surface area contributed by atoms with E-state index < -0.39 is 8.07 Å². The summed E-state index contributed by atoms with van der Waals surface area (Å²) in [6.07, 6.45) is 0. The highest BCUT2D eigenvalue weighted by Gasteiger charge is 2.41. The molecule has 0 aliphatic carbocycles. The van der Waals surface area contributed by atoms with Crippen LogP contribution in [0.2, 0.25) is 0 Å². The number of fused-ring (bicyclic) bond motifs is 6. The van der Waals surface area contributed by atoms with Crippen molar-refractivity contribution in [3.8, 4) is 44.8 Å². The van der Waals surface area contributed by atoms with Crippen LogP contribution in [0.15, 0.2) is 279 Å². The molecule has 0 aliphatic rings. The van der Waals surface area contributed by atoms with E-state index in [1.165, 1.54) is 97.7 Å². The highest BCUT2D eigenvalue weighted by molar-refractivity contribution is 7.19. The lowest BCUT2D eigenvalue weighted by molar-refractivity contribution is 1.18. The lowest BCUT2D eigenvalue weighted by atomic mass is 10.0. The van der Waals surface area contributed by atoms with Gasteiger partial charge in [0, 0.05) is 32.8 Å². The first-order chi connectivity index (χ1) is 34.2. The first-order valence-electron chi connectivity index (χ1n) is 23.8. The number of rotatable bonds is 9. The average molecular weight is 895 g/mol. The predicted octanol–water partition coefficient (Wildman–Crippen LogP) is 14.3. The van der Waals surface area contributed by atoms with E-state index in [0.29, 0.717) is 0 Å². The van der Waals surface area contributed by atoms with Gasteiger partial charge in [-0.2, -0.15) is 0 Å². The molecule has 0 radical (unpaired) electrons. The van der Waals surface area contributed by atoms with Crippen molar-refractivity contribution in [2.45, 2.75) is 0 Å². The number of hydrogen-bond donors (Lipinski definition) is 0. The molecule has 0 N–H and O–H groups in total. The van der Waals surface area contributed by atoms with Gasteiger partial charge in [-0.3, -0.25) is 0 Å². The molecule has 0 aliphatic heterocycles. The third-order valence-corrected chi connectivity index (χ3v) is 19.1. The highest BCUT2D eigenvalue weighted by Crippen LogP contribution is 2.40. The number of benzene rings is 11. The van der Waals surface area contributed by atoms with E-state index in [9.17, 15) is 0 Å². The normalized spacial score (nSPS) is 11.8. The van der Waals surface area contributed by atoms with E-state index in [0.717, 1.165) is 11.4 Å². The zero-order valence-electron chi connectivity index (χ0n) is 38.0. The van der Waals surface area contributed by atoms with Crippen molar-refractivity contribution in [2.75, 3.05) is 0 Å². The minimum Gasteiger partial charge on any atom is -0.309 e. The van der Waals surface area contributed by atoms with Crippen molar-refractivity contribution in [1.29, 1.82) is 0 Å². The first kappa shape index (κ1) is 40.5. The second-order valence-electron chi connectivity index (χ2n) is 18.0. The van der Waals surface area contributed by atoms with Crippen LogP contribution in [0.5, 0.6) is 0 Å². The van der Waals surface area contributed by atoms with Crippen LogP contribution >= 0.6 is 0 Å². The number of hydrogen-bond acceptors (Lipinski definition) is 0. The number of aromatic nitrogens is 2. The monoisotopic (exact) mass is 894 g/mol. The third-order valence-electron chi connectivity index (χ3n) is 14.3. The van der Waals surface area contributed by atoms with E-state index >= 15 is 0 Å². The molecule has 2 aromatic heterocycles. The van der Waals surface area contributed by atoms with Gasteiger partial charge in [-0.15, -0.1) is 0 Å². The van der Waals surface area contributed by atoms with Crippen LogP contribution in [0, 0.1) is 0 Å². The zero-order valence-corrected chi connectivity index (χ0v) is 39.0. The summed E-state index contributed by atoms with van der Waals surface area (Å²) in [5, 5.41) is 10.4. The van der Waals surface area contributed by atoms with Crippen molar-refractivity contribution in [3.63, 3.8) is 0 Å². The Morgan fingerprint density at radius 2 is 0.638 bits per heavy atom. The molecule has 0 spiro atoms. The molecule has 13 aromatic rings. The Bertz CT molecular complexity index is 3890. The quantitative estimate of drug-likeness (QED) is 0.101. The fourth-order valence-corrected chi connectivity index (χ4v) is 16.0. The Kier molecular flexibility index (Phi) is 9.88. The second kappa shape index (κ2) is 16.8. The van der Waals surface area contributed by atoms with E-state index in [4.69, 9.17) is 0 Å². The van der Waals surface area contributed by atoms with Crippen LogP contribution in [-0.2, 0) is 0 Å². The maximum atomic E-state index is 2.48. The molecule has 0 fully saturated rings. The van der Waals surface area contributed by atoms with Crippen LogP contribution in [0.1, 0.15) is 0 Å². The summed E-state index contributed by atoms with van der Waals surface area (Å²) >= 11 is 0. The van der Waals surface area contributed by atoms with Crippen molar-refractivity contribution in [1.82, 2.24) is 9.13 Å². The van der Waals surface area contributed by atoms with Crippen molar-refractivity contribution in [2.24, 2.45) is 0 Å². The smallest absolute Gasteiger partial charge is 0.179 e. The Labute approximate surface area is 403 Å². The fraction of sp³-hybridized carbons (Fsp3) is 0. The van der Waals surface area contributed by atoms with Crippen LogP contribution in [0.3, 0.4) is 0 Å². The van der Waals surface area contributed by atoms with Crippen LogP contribution in [0.4, 0.5) is 0 Å². The standard InChI is InChI=1S/C66H46N2Si/c1-5-20-47(21-6-1)48-36-40-52(41-37-48)67-63-34-17-14-31-58(63)60-45-49(38-42-65(60)67)50-39-43-66-61(46-50)59-32-15-18-35-64(59)68(66)62-33-16-13-30-57(62)51-22-19-29-56(44-51)69(53-23-7-2-8-24-53,54-25-9-3-10-26-54)55-27-11-4-12-28-55/h1-46H.